The number of rotatable bonds is 0. The van der Waals surface area contributed by atoms with E-state index in [4.69, 9.17) is 10.00 Å². The van der Waals surface area contributed by atoms with Crippen molar-refractivity contribution in [1.29, 1.82) is 5.26 Å². The summed E-state index contributed by atoms with van der Waals surface area (Å²) in [4.78, 5) is 0. The molecule has 0 radical (unpaired) electrons. The maximum absolute atomic E-state index is 8.59. The standard InChI is InChI=1S/C7H7N3O/c8-3-7-5-4-11-2-1-6(5)9-10-7/h1-2,4H2,(H,9,10). The van der Waals surface area contributed by atoms with Gasteiger partial charge in [0.25, 0.3) is 0 Å². The van der Waals surface area contributed by atoms with Crippen molar-refractivity contribution in [1.82, 2.24) is 10.2 Å². The molecule has 1 aliphatic heterocycles. The lowest BCUT2D eigenvalue weighted by molar-refractivity contribution is 0.110. The first-order chi connectivity index (χ1) is 5.42. The lowest BCUT2D eigenvalue weighted by Gasteiger charge is -2.10. The van der Waals surface area contributed by atoms with Crippen molar-refractivity contribution in [2.75, 3.05) is 6.61 Å². The number of hydrogen-bond donors (Lipinski definition) is 1. The fourth-order valence-electron chi connectivity index (χ4n) is 1.20. The molecule has 0 atom stereocenters. The monoisotopic (exact) mass is 149 g/mol. The van der Waals surface area contributed by atoms with Gasteiger partial charge in [-0.1, -0.05) is 0 Å². The van der Waals surface area contributed by atoms with Crippen LogP contribution in [0, 0.1) is 11.3 Å². The summed E-state index contributed by atoms with van der Waals surface area (Å²) in [5, 5.41) is 15.3. The largest absolute Gasteiger partial charge is 0.376 e. The summed E-state index contributed by atoms with van der Waals surface area (Å²) in [7, 11) is 0. The maximum Gasteiger partial charge on any atom is 0.168 e. The Balaban J connectivity index is 2.48. The second-order valence-electron chi connectivity index (χ2n) is 2.44. The molecule has 0 aromatic carbocycles. The number of hydrogen-bond acceptors (Lipinski definition) is 3. The fourth-order valence-corrected chi connectivity index (χ4v) is 1.20. The zero-order valence-electron chi connectivity index (χ0n) is 5.92. The van der Waals surface area contributed by atoms with Crippen molar-refractivity contribution in [3.63, 3.8) is 0 Å². The number of nitriles is 1. The lowest BCUT2D eigenvalue weighted by Crippen LogP contribution is -2.08. The molecule has 0 fully saturated rings. The Morgan fingerprint density at radius 1 is 1.64 bits per heavy atom. The first-order valence-electron chi connectivity index (χ1n) is 3.46. The van der Waals surface area contributed by atoms with E-state index < -0.39 is 0 Å². The molecule has 1 aromatic rings. The van der Waals surface area contributed by atoms with Crippen molar-refractivity contribution >= 4 is 0 Å². The Morgan fingerprint density at radius 2 is 2.55 bits per heavy atom. The molecular weight excluding hydrogens is 142 g/mol. The number of aromatic amines is 1. The molecule has 1 N–H and O–H groups in total. The predicted octanol–water partition coefficient (Wildman–Crippen LogP) is 0.354. The van der Waals surface area contributed by atoms with E-state index >= 15 is 0 Å². The SMILES string of the molecule is N#Cc1n[nH]c2c1COCC2. The summed E-state index contributed by atoms with van der Waals surface area (Å²) in [6, 6.07) is 2.01. The van der Waals surface area contributed by atoms with E-state index in [9.17, 15) is 0 Å². The predicted molar refractivity (Wildman–Crippen MR) is 36.7 cm³/mol. The molecule has 4 nitrogen and oxygen atoms in total. The van der Waals surface area contributed by atoms with Gasteiger partial charge in [-0.15, -0.1) is 0 Å². The third-order valence-electron chi connectivity index (χ3n) is 1.80. The summed E-state index contributed by atoms with van der Waals surface area (Å²) in [5.41, 5.74) is 2.45. The van der Waals surface area contributed by atoms with Gasteiger partial charge in [-0.05, 0) is 0 Å². The summed E-state index contributed by atoms with van der Waals surface area (Å²) < 4.78 is 5.19. The van der Waals surface area contributed by atoms with Crippen LogP contribution in [0.4, 0.5) is 0 Å². The minimum absolute atomic E-state index is 0.472. The van der Waals surface area contributed by atoms with Gasteiger partial charge in [-0.2, -0.15) is 10.4 Å². The normalized spacial score (nSPS) is 15.5. The van der Waals surface area contributed by atoms with Gasteiger partial charge in [0.1, 0.15) is 6.07 Å². The molecule has 0 aliphatic carbocycles. The topological polar surface area (TPSA) is 61.7 Å². The zero-order chi connectivity index (χ0) is 7.68. The summed E-state index contributed by atoms with van der Waals surface area (Å²) in [5.74, 6) is 0. The minimum atomic E-state index is 0.472. The average molecular weight is 149 g/mol. The second-order valence-corrected chi connectivity index (χ2v) is 2.44. The molecule has 0 saturated heterocycles. The molecule has 4 heteroatoms. The molecule has 11 heavy (non-hydrogen) atoms. The van der Waals surface area contributed by atoms with Crippen LogP contribution in [0.1, 0.15) is 17.0 Å². The van der Waals surface area contributed by atoms with Gasteiger partial charge in [0.05, 0.1) is 13.2 Å². The van der Waals surface area contributed by atoms with E-state index in [-0.39, 0.29) is 0 Å². The van der Waals surface area contributed by atoms with Gasteiger partial charge in [0.15, 0.2) is 5.69 Å². The first-order valence-corrected chi connectivity index (χ1v) is 3.46. The van der Waals surface area contributed by atoms with Crippen LogP contribution in [0.3, 0.4) is 0 Å². The lowest BCUT2D eigenvalue weighted by atomic mass is 10.1. The number of nitrogens with zero attached hydrogens (tertiary/aromatic N) is 2. The van der Waals surface area contributed by atoms with E-state index in [2.05, 4.69) is 10.2 Å². The van der Waals surface area contributed by atoms with Gasteiger partial charge >= 0.3 is 0 Å². The van der Waals surface area contributed by atoms with Crippen LogP contribution in [0.25, 0.3) is 0 Å². The zero-order valence-corrected chi connectivity index (χ0v) is 5.92. The van der Waals surface area contributed by atoms with Crippen molar-refractivity contribution in [3.05, 3.63) is 17.0 Å². The molecule has 1 aliphatic rings. The first kappa shape index (κ1) is 6.38. The number of ether oxygens (including phenoxy) is 1. The Morgan fingerprint density at radius 3 is 3.36 bits per heavy atom. The minimum Gasteiger partial charge on any atom is -0.376 e. The Kier molecular flexibility index (Phi) is 1.37. The summed E-state index contributed by atoms with van der Waals surface area (Å²) in [6.45, 7) is 1.24. The highest BCUT2D eigenvalue weighted by Gasteiger charge is 2.16. The van der Waals surface area contributed by atoms with E-state index in [0.717, 1.165) is 24.3 Å². The molecule has 1 aromatic heterocycles. The van der Waals surface area contributed by atoms with E-state index in [0.29, 0.717) is 12.3 Å². The molecule has 56 valence electrons. The van der Waals surface area contributed by atoms with Gasteiger partial charge in [0, 0.05) is 17.7 Å². The van der Waals surface area contributed by atoms with E-state index in [1.54, 1.807) is 0 Å². The molecule has 0 spiro atoms. The molecule has 0 saturated carbocycles. The quantitative estimate of drug-likeness (QED) is 0.579. The number of aromatic nitrogens is 2. The van der Waals surface area contributed by atoms with Crippen LogP contribution in [-0.2, 0) is 17.8 Å². The van der Waals surface area contributed by atoms with Crippen LogP contribution in [-0.4, -0.2) is 16.8 Å². The van der Waals surface area contributed by atoms with Crippen LogP contribution in [0.15, 0.2) is 0 Å². The second kappa shape index (κ2) is 2.36. The summed E-state index contributed by atoms with van der Waals surface area (Å²) in [6.07, 6.45) is 0.837. The highest BCUT2D eigenvalue weighted by molar-refractivity contribution is 5.34. The summed E-state index contributed by atoms with van der Waals surface area (Å²) >= 11 is 0. The van der Waals surface area contributed by atoms with Crippen molar-refractivity contribution < 1.29 is 4.74 Å². The van der Waals surface area contributed by atoms with Gasteiger partial charge in [-0.25, -0.2) is 0 Å². The third-order valence-corrected chi connectivity index (χ3v) is 1.80. The van der Waals surface area contributed by atoms with Crippen LogP contribution >= 0.6 is 0 Å². The van der Waals surface area contributed by atoms with E-state index in [1.165, 1.54) is 0 Å². The van der Waals surface area contributed by atoms with Crippen LogP contribution in [0.2, 0.25) is 0 Å². The van der Waals surface area contributed by atoms with Crippen molar-refractivity contribution in [3.8, 4) is 6.07 Å². The van der Waals surface area contributed by atoms with Crippen LogP contribution < -0.4 is 0 Å². The number of nitrogens with one attached hydrogen (secondary N) is 1. The molecule has 0 amide bonds. The molecule has 2 heterocycles. The number of fused-ring (bicyclic) bond motifs is 1. The Bertz CT molecular complexity index is 310. The Labute approximate surface area is 63.8 Å². The fraction of sp³-hybridized carbons (Fsp3) is 0.429. The number of H-pyrrole nitrogens is 1. The van der Waals surface area contributed by atoms with Gasteiger partial charge in [-0.3, -0.25) is 5.10 Å². The third kappa shape index (κ3) is 0.900. The van der Waals surface area contributed by atoms with Gasteiger partial charge in [0.2, 0.25) is 0 Å². The highest BCUT2D eigenvalue weighted by atomic mass is 16.5. The maximum atomic E-state index is 8.59. The molecule has 2 rings (SSSR count). The smallest absolute Gasteiger partial charge is 0.168 e. The average Bonchev–Trinajstić information content (AvgIpc) is 2.47. The highest BCUT2D eigenvalue weighted by Crippen LogP contribution is 2.16. The van der Waals surface area contributed by atoms with Crippen LogP contribution in [0.5, 0.6) is 0 Å². The van der Waals surface area contributed by atoms with E-state index in [1.807, 2.05) is 6.07 Å². The molecular formula is C7H7N3O. The molecule has 0 bridgehead atoms. The van der Waals surface area contributed by atoms with Crippen molar-refractivity contribution in [2.45, 2.75) is 13.0 Å². The Hall–Kier alpha value is -1.34. The van der Waals surface area contributed by atoms with Crippen molar-refractivity contribution in [2.24, 2.45) is 0 Å². The molecule has 0 unspecified atom stereocenters. The van der Waals surface area contributed by atoms with Gasteiger partial charge < -0.3 is 4.74 Å².